The smallest absolute Gasteiger partial charge is 0.293 e. The number of hydrogen-bond donors (Lipinski definition) is 1. The lowest BCUT2D eigenvalue weighted by molar-refractivity contribution is 0.412. The molecule has 0 spiro atoms. The van der Waals surface area contributed by atoms with E-state index in [0.717, 1.165) is 6.20 Å². The number of aromatic nitrogens is 3. The number of furan rings is 1. The maximum Gasteiger partial charge on any atom is 0.293 e. The molecule has 0 aliphatic heterocycles. The van der Waals surface area contributed by atoms with Crippen LogP contribution in [0.5, 0.6) is 0 Å². The summed E-state index contributed by atoms with van der Waals surface area (Å²) in [5, 5.41) is 3.77. The first-order valence-electron chi connectivity index (χ1n) is 5.51. The largest absolute Gasteiger partial charge is 0.455 e. The average molecular weight is 260 g/mol. The Morgan fingerprint density at radius 3 is 2.79 bits per heavy atom. The number of nitrogens with zero attached hydrogens (tertiary/aromatic N) is 3. The van der Waals surface area contributed by atoms with Gasteiger partial charge in [0.1, 0.15) is 17.3 Å². The Bertz CT molecular complexity index is 690. The molecule has 6 nitrogen and oxygen atoms in total. The summed E-state index contributed by atoms with van der Waals surface area (Å²) in [7, 11) is 0. The van der Waals surface area contributed by atoms with Crippen LogP contribution in [0.1, 0.15) is 5.76 Å². The Morgan fingerprint density at radius 1 is 1.21 bits per heavy atom. The van der Waals surface area contributed by atoms with Crippen molar-refractivity contribution in [1.82, 2.24) is 15.1 Å². The van der Waals surface area contributed by atoms with Crippen LogP contribution in [0, 0.1) is 5.82 Å². The molecule has 0 amide bonds. The number of pyridine rings is 1. The van der Waals surface area contributed by atoms with Crippen LogP contribution < -0.4 is 5.73 Å². The van der Waals surface area contributed by atoms with Crippen molar-refractivity contribution in [1.29, 1.82) is 0 Å². The second-order valence-electron chi connectivity index (χ2n) is 3.75. The number of rotatable bonds is 3. The number of hydrogen-bond acceptors (Lipinski definition) is 6. The summed E-state index contributed by atoms with van der Waals surface area (Å²) in [6, 6.07) is 6.17. The fraction of sp³-hybridized carbons (Fsp3) is 0.0833. The topological polar surface area (TPSA) is 91.0 Å². The molecular weight excluding hydrogens is 251 g/mol. The molecule has 2 N–H and O–H groups in total. The molecule has 19 heavy (non-hydrogen) atoms. The van der Waals surface area contributed by atoms with Crippen LogP contribution in [0.2, 0.25) is 0 Å². The first-order chi connectivity index (χ1) is 9.26. The Kier molecular flexibility index (Phi) is 2.81. The van der Waals surface area contributed by atoms with E-state index < -0.39 is 5.82 Å². The first kappa shape index (κ1) is 11.5. The molecule has 96 valence electrons. The van der Waals surface area contributed by atoms with Crippen LogP contribution in [0.4, 0.5) is 4.39 Å². The minimum atomic E-state index is -0.425. The third kappa shape index (κ3) is 2.23. The summed E-state index contributed by atoms with van der Waals surface area (Å²) in [6.45, 7) is 0.292. The van der Waals surface area contributed by atoms with E-state index in [1.54, 1.807) is 12.1 Å². The van der Waals surface area contributed by atoms with Gasteiger partial charge in [-0.1, -0.05) is 5.16 Å². The maximum absolute atomic E-state index is 12.8. The molecule has 3 aromatic heterocycles. The highest BCUT2D eigenvalue weighted by atomic mass is 19.1. The highest BCUT2D eigenvalue weighted by molar-refractivity contribution is 5.53. The summed E-state index contributed by atoms with van der Waals surface area (Å²) in [5.74, 6) is 1.11. The minimum Gasteiger partial charge on any atom is -0.455 e. The average Bonchev–Trinajstić information content (AvgIpc) is 3.08. The van der Waals surface area contributed by atoms with Crippen molar-refractivity contribution in [2.24, 2.45) is 5.73 Å². The van der Waals surface area contributed by atoms with Crippen molar-refractivity contribution in [3.63, 3.8) is 0 Å². The van der Waals surface area contributed by atoms with Gasteiger partial charge in [-0.25, -0.2) is 9.37 Å². The predicted molar refractivity (Wildman–Crippen MR) is 63.1 cm³/mol. The van der Waals surface area contributed by atoms with Crippen LogP contribution >= 0.6 is 0 Å². The lowest BCUT2D eigenvalue weighted by Gasteiger charge is -1.91. The van der Waals surface area contributed by atoms with Crippen molar-refractivity contribution in [2.45, 2.75) is 6.54 Å². The zero-order valence-electron chi connectivity index (χ0n) is 9.71. The van der Waals surface area contributed by atoms with Crippen molar-refractivity contribution in [3.05, 3.63) is 42.0 Å². The van der Waals surface area contributed by atoms with Crippen molar-refractivity contribution in [2.75, 3.05) is 0 Å². The highest BCUT2D eigenvalue weighted by Gasteiger charge is 2.14. The molecule has 7 heteroatoms. The van der Waals surface area contributed by atoms with Crippen molar-refractivity contribution >= 4 is 0 Å². The van der Waals surface area contributed by atoms with Gasteiger partial charge < -0.3 is 14.7 Å². The first-order valence-corrected chi connectivity index (χ1v) is 5.51. The molecule has 0 saturated carbocycles. The van der Waals surface area contributed by atoms with Gasteiger partial charge in [-0.2, -0.15) is 4.98 Å². The SMILES string of the molecule is NCc1ccc(-c2nc(-c3ccc(F)cn3)no2)o1. The van der Waals surface area contributed by atoms with Crippen molar-refractivity contribution in [3.8, 4) is 23.2 Å². The van der Waals surface area contributed by atoms with Crippen LogP contribution in [0.3, 0.4) is 0 Å². The van der Waals surface area contributed by atoms with E-state index in [2.05, 4.69) is 15.1 Å². The summed E-state index contributed by atoms with van der Waals surface area (Å²) in [5.41, 5.74) is 5.86. The zero-order chi connectivity index (χ0) is 13.2. The standard InChI is InChI=1S/C12H9FN4O2/c13-7-1-3-9(15-6-7)11-16-12(19-17-11)10-4-2-8(5-14)18-10/h1-4,6H,5,14H2. The van der Waals surface area contributed by atoms with Gasteiger partial charge >= 0.3 is 0 Å². The molecule has 0 fully saturated rings. The van der Waals surface area contributed by atoms with Gasteiger partial charge in [0, 0.05) is 0 Å². The molecule has 3 heterocycles. The molecule has 0 bridgehead atoms. The molecule has 0 radical (unpaired) electrons. The van der Waals surface area contributed by atoms with Crippen LogP contribution in [-0.4, -0.2) is 15.1 Å². The molecular formula is C12H9FN4O2. The summed E-state index contributed by atoms with van der Waals surface area (Å²) in [6.07, 6.45) is 1.09. The quantitative estimate of drug-likeness (QED) is 0.774. The summed E-state index contributed by atoms with van der Waals surface area (Å²) < 4.78 is 23.2. The third-order valence-electron chi connectivity index (χ3n) is 2.46. The van der Waals surface area contributed by atoms with Crippen LogP contribution in [-0.2, 0) is 6.54 Å². The predicted octanol–water partition coefficient (Wildman–Crippen LogP) is 1.99. The summed E-state index contributed by atoms with van der Waals surface area (Å²) >= 11 is 0. The molecule has 0 aliphatic rings. The van der Waals surface area contributed by atoms with E-state index in [-0.39, 0.29) is 11.7 Å². The van der Waals surface area contributed by atoms with Gasteiger partial charge in [0.25, 0.3) is 5.89 Å². The van der Waals surface area contributed by atoms with E-state index in [4.69, 9.17) is 14.7 Å². The van der Waals surface area contributed by atoms with E-state index in [9.17, 15) is 4.39 Å². The number of nitrogens with two attached hydrogens (primary N) is 1. The van der Waals surface area contributed by atoms with E-state index in [1.165, 1.54) is 12.1 Å². The lowest BCUT2D eigenvalue weighted by Crippen LogP contribution is -1.92. The van der Waals surface area contributed by atoms with Gasteiger partial charge in [-0.05, 0) is 24.3 Å². The van der Waals surface area contributed by atoms with E-state index >= 15 is 0 Å². The van der Waals surface area contributed by atoms with Gasteiger partial charge in [-0.15, -0.1) is 0 Å². The Labute approximate surface area is 107 Å². The molecule has 3 rings (SSSR count). The minimum absolute atomic E-state index is 0.223. The van der Waals surface area contributed by atoms with Gasteiger partial charge in [0.2, 0.25) is 5.82 Å². The molecule has 0 unspecified atom stereocenters. The highest BCUT2D eigenvalue weighted by Crippen LogP contribution is 2.23. The van der Waals surface area contributed by atoms with Gasteiger partial charge in [0.05, 0.1) is 12.7 Å². The van der Waals surface area contributed by atoms with Gasteiger partial charge in [-0.3, -0.25) is 0 Å². The summed E-state index contributed by atoms with van der Waals surface area (Å²) in [4.78, 5) is 8.00. The Hall–Kier alpha value is -2.54. The van der Waals surface area contributed by atoms with E-state index in [0.29, 0.717) is 23.8 Å². The third-order valence-corrected chi connectivity index (χ3v) is 2.46. The Balaban J connectivity index is 1.92. The monoisotopic (exact) mass is 260 g/mol. The maximum atomic E-state index is 12.8. The molecule has 3 aromatic rings. The fourth-order valence-electron chi connectivity index (χ4n) is 1.54. The molecule has 0 saturated heterocycles. The molecule has 0 aliphatic carbocycles. The second kappa shape index (κ2) is 4.62. The van der Waals surface area contributed by atoms with E-state index in [1.807, 2.05) is 0 Å². The normalized spacial score (nSPS) is 10.8. The molecule has 0 aromatic carbocycles. The fourth-order valence-corrected chi connectivity index (χ4v) is 1.54. The van der Waals surface area contributed by atoms with Crippen molar-refractivity contribution < 1.29 is 13.3 Å². The van der Waals surface area contributed by atoms with Crippen LogP contribution in [0.15, 0.2) is 39.4 Å². The Morgan fingerprint density at radius 2 is 2.11 bits per heavy atom. The number of halogens is 1. The molecule has 0 atom stereocenters. The lowest BCUT2D eigenvalue weighted by atomic mass is 10.3. The zero-order valence-corrected chi connectivity index (χ0v) is 9.71. The van der Waals surface area contributed by atoms with Gasteiger partial charge in [0.15, 0.2) is 5.76 Å². The van der Waals surface area contributed by atoms with Crippen LogP contribution in [0.25, 0.3) is 23.2 Å². The second-order valence-corrected chi connectivity index (χ2v) is 3.75.